The van der Waals surface area contributed by atoms with Gasteiger partial charge in [-0.3, -0.25) is 9.59 Å². The van der Waals surface area contributed by atoms with Gasteiger partial charge in [-0.05, 0) is 48.7 Å². The van der Waals surface area contributed by atoms with Crippen LogP contribution in [0.3, 0.4) is 0 Å². The average Bonchev–Trinajstić information content (AvgIpc) is 3.13. The van der Waals surface area contributed by atoms with Crippen molar-refractivity contribution in [2.45, 2.75) is 38.0 Å². The van der Waals surface area contributed by atoms with E-state index in [1.165, 1.54) is 16.9 Å². The van der Waals surface area contributed by atoms with E-state index in [1.807, 2.05) is 0 Å². The molecule has 0 bridgehead atoms. The minimum absolute atomic E-state index is 0.0921. The highest BCUT2D eigenvalue weighted by molar-refractivity contribution is 5.83. The third-order valence-corrected chi connectivity index (χ3v) is 5.00. The molecule has 1 aromatic heterocycles. The van der Waals surface area contributed by atoms with Crippen molar-refractivity contribution in [3.05, 3.63) is 30.1 Å². The fourth-order valence-corrected chi connectivity index (χ4v) is 3.13. The summed E-state index contributed by atoms with van der Waals surface area (Å²) in [6.07, 6.45) is 2.47. The Kier molecular flexibility index (Phi) is 5.29. The number of nitrogens with one attached hydrogen (secondary N) is 1. The topological polar surface area (TPSA) is 102 Å². The highest BCUT2D eigenvalue weighted by atomic mass is 19.1. The largest absolute Gasteiger partial charge is 0.365 e. The Morgan fingerprint density at radius 3 is 2.75 bits per heavy atom. The van der Waals surface area contributed by atoms with E-state index >= 15 is 0 Å². The number of carbonyl (C=O) groups is 2. The van der Waals surface area contributed by atoms with E-state index < -0.39 is 6.10 Å². The Bertz CT molecular complexity index is 851. The second-order valence-electron chi connectivity index (χ2n) is 6.99. The van der Waals surface area contributed by atoms with Gasteiger partial charge in [0, 0.05) is 18.2 Å². The van der Waals surface area contributed by atoms with Crippen molar-refractivity contribution >= 4 is 11.8 Å². The molecule has 28 heavy (non-hydrogen) atoms. The molecule has 1 aliphatic carbocycles. The number of hydrogen-bond donors (Lipinski definition) is 1. The van der Waals surface area contributed by atoms with Gasteiger partial charge < -0.3 is 15.0 Å². The summed E-state index contributed by atoms with van der Waals surface area (Å²) in [6.45, 7) is 0.827. The molecule has 0 radical (unpaired) electrons. The Morgan fingerprint density at radius 1 is 1.25 bits per heavy atom. The van der Waals surface area contributed by atoms with E-state index in [0.29, 0.717) is 24.5 Å². The monoisotopic (exact) mass is 388 g/mol. The summed E-state index contributed by atoms with van der Waals surface area (Å²) in [5.41, 5.74) is 0.610. The zero-order valence-electron chi connectivity index (χ0n) is 15.3. The molecule has 10 heteroatoms. The summed E-state index contributed by atoms with van der Waals surface area (Å²) < 4.78 is 18.5. The standard InChI is InChI=1S/C18H21FN6O3/c19-13-6-4-12(5-7-13)17-21-23-25(22-17)11-16(26)24-8-9-28-15(10-24)18(27)20-14-2-1-3-14/h4-7,14-15H,1-3,8-11H2,(H,20,27)/t15-/m1/s1. The van der Waals surface area contributed by atoms with Gasteiger partial charge in [-0.2, -0.15) is 4.80 Å². The molecule has 0 unspecified atom stereocenters. The van der Waals surface area contributed by atoms with E-state index in [2.05, 4.69) is 20.7 Å². The minimum atomic E-state index is -0.656. The molecular weight excluding hydrogens is 367 g/mol. The summed E-state index contributed by atoms with van der Waals surface area (Å²) in [6, 6.07) is 5.94. The van der Waals surface area contributed by atoms with Crippen LogP contribution in [0.5, 0.6) is 0 Å². The number of ether oxygens (including phenoxy) is 1. The van der Waals surface area contributed by atoms with Crippen LogP contribution in [0.15, 0.2) is 24.3 Å². The first kappa shape index (κ1) is 18.5. The fourth-order valence-electron chi connectivity index (χ4n) is 3.13. The molecule has 2 aromatic rings. The van der Waals surface area contributed by atoms with Crippen molar-refractivity contribution in [1.82, 2.24) is 30.4 Å². The molecule has 1 N–H and O–H groups in total. The van der Waals surface area contributed by atoms with Gasteiger partial charge in [0.15, 0.2) is 6.10 Å². The van der Waals surface area contributed by atoms with E-state index in [4.69, 9.17) is 4.74 Å². The van der Waals surface area contributed by atoms with Crippen LogP contribution in [-0.2, 0) is 20.9 Å². The maximum atomic E-state index is 13.0. The summed E-state index contributed by atoms with van der Waals surface area (Å²) >= 11 is 0. The maximum absolute atomic E-state index is 13.0. The molecule has 2 amide bonds. The van der Waals surface area contributed by atoms with Crippen molar-refractivity contribution in [3.8, 4) is 11.4 Å². The molecule has 0 spiro atoms. The number of tetrazole rings is 1. The van der Waals surface area contributed by atoms with Gasteiger partial charge in [0.2, 0.25) is 11.7 Å². The number of morpholine rings is 1. The summed E-state index contributed by atoms with van der Waals surface area (Å²) in [5.74, 6) is -0.422. The number of amides is 2. The molecule has 1 saturated heterocycles. The predicted molar refractivity (Wildman–Crippen MR) is 95.3 cm³/mol. The molecule has 1 atom stereocenters. The quantitative estimate of drug-likeness (QED) is 0.794. The summed E-state index contributed by atoms with van der Waals surface area (Å²) in [5, 5.41) is 14.9. The first-order valence-electron chi connectivity index (χ1n) is 9.32. The lowest BCUT2D eigenvalue weighted by molar-refractivity contribution is -0.148. The summed E-state index contributed by atoms with van der Waals surface area (Å²) in [4.78, 5) is 27.6. The molecule has 1 aliphatic heterocycles. The molecule has 1 saturated carbocycles. The van der Waals surface area contributed by atoms with Crippen LogP contribution in [0.4, 0.5) is 4.39 Å². The minimum Gasteiger partial charge on any atom is -0.365 e. The number of benzene rings is 1. The number of carbonyl (C=O) groups excluding carboxylic acids is 2. The Morgan fingerprint density at radius 2 is 2.04 bits per heavy atom. The van der Waals surface area contributed by atoms with Crippen molar-refractivity contribution < 1.29 is 18.7 Å². The van der Waals surface area contributed by atoms with Crippen LogP contribution < -0.4 is 5.32 Å². The van der Waals surface area contributed by atoms with Crippen molar-refractivity contribution in [3.63, 3.8) is 0 Å². The predicted octanol–water partition coefficient (Wildman–Crippen LogP) is 0.375. The fraction of sp³-hybridized carbons (Fsp3) is 0.500. The van der Waals surface area contributed by atoms with Gasteiger partial charge in [-0.25, -0.2) is 4.39 Å². The van der Waals surface area contributed by atoms with Crippen LogP contribution in [-0.4, -0.2) is 68.8 Å². The highest BCUT2D eigenvalue weighted by Crippen LogP contribution is 2.19. The van der Waals surface area contributed by atoms with Gasteiger partial charge in [-0.15, -0.1) is 10.2 Å². The molecule has 148 valence electrons. The zero-order valence-corrected chi connectivity index (χ0v) is 15.3. The van der Waals surface area contributed by atoms with Crippen molar-refractivity contribution in [1.29, 1.82) is 0 Å². The lowest BCUT2D eigenvalue weighted by atomic mass is 9.93. The average molecular weight is 388 g/mol. The Labute approximate surface area is 160 Å². The molecular formula is C18H21FN6O3. The van der Waals surface area contributed by atoms with Crippen LogP contribution in [0.2, 0.25) is 0 Å². The number of aromatic nitrogens is 4. The van der Waals surface area contributed by atoms with E-state index in [0.717, 1.165) is 19.3 Å². The third-order valence-electron chi connectivity index (χ3n) is 5.00. The smallest absolute Gasteiger partial charge is 0.251 e. The zero-order chi connectivity index (χ0) is 19.5. The van der Waals surface area contributed by atoms with E-state index in [1.54, 1.807) is 17.0 Å². The lowest BCUT2D eigenvalue weighted by Gasteiger charge is -2.34. The van der Waals surface area contributed by atoms with Gasteiger partial charge in [0.25, 0.3) is 5.91 Å². The Hall–Kier alpha value is -2.88. The van der Waals surface area contributed by atoms with Gasteiger partial charge in [0.1, 0.15) is 12.4 Å². The van der Waals surface area contributed by atoms with E-state index in [-0.39, 0.29) is 36.8 Å². The molecule has 1 aromatic carbocycles. The van der Waals surface area contributed by atoms with Gasteiger partial charge in [0.05, 0.1) is 13.2 Å². The van der Waals surface area contributed by atoms with Crippen LogP contribution in [0.1, 0.15) is 19.3 Å². The second kappa shape index (κ2) is 8.01. The lowest BCUT2D eigenvalue weighted by Crippen LogP contribution is -2.54. The maximum Gasteiger partial charge on any atom is 0.251 e. The number of halogens is 1. The third kappa shape index (κ3) is 4.16. The second-order valence-corrected chi connectivity index (χ2v) is 6.99. The summed E-state index contributed by atoms with van der Waals surface area (Å²) in [7, 11) is 0. The normalized spacial score (nSPS) is 19.9. The first-order valence-corrected chi connectivity index (χ1v) is 9.32. The molecule has 9 nitrogen and oxygen atoms in total. The van der Waals surface area contributed by atoms with Crippen LogP contribution >= 0.6 is 0 Å². The molecule has 2 fully saturated rings. The van der Waals surface area contributed by atoms with Crippen LogP contribution in [0.25, 0.3) is 11.4 Å². The van der Waals surface area contributed by atoms with Gasteiger partial charge in [-0.1, -0.05) is 0 Å². The SMILES string of the molecule is O=C(NC1CCC1)[C@H]1CN(C(=O)Cn2nnc(-c3ccc(F)cc3)n2)CCO1. The molecule has 2 heterocycles. The number of hydrogen-bond acceptors (Lipinski definition) is 6. The first-order chi connectivity index (χ1) is 13.6. The van der Waals surface area contributed by atoms with Crippen LogP contribution in [0, 0.1) is 5.82 Å². The molecule has 2 aliphatic rings. The molecule has 4 rings (SSSR count). The van der Waals surface area contributed by atoms with Gasteiger partial charge >= 0.3 is 0 Å². The van der Waals surface area contributed by atoms with E-state index in [9.17, 15) is 14.0 Å². The number of rotatable bonds is 5. The Balaban J connectivity index is 1.34. The van der Waals surface area contributed by atoms with Crippen molar-refractivity contribution in [2.75, 3.05) is 19.7 Å². The number of nitrogens with zero attached hydrogens (tertiary/aromatic N) is 5. The highest BCUT2D eigenvalue weighted by Gasteiger charge is 2.31. The van der Waals surface area contributed by atoms with Crippen molar-refractivity contribution in [2.24, 2.45) is 0 Å².